The fourth-order valence-corrected chi connectivity index (χ4v) is 3.82. The number of thiophene rings is 1. The van der Waals surface area contributed by atoms with Crippen LogP contribution in [0.1, 0.15) is 24.6 Å². The minimum absolute atomic E-state index is 0.180. The Bertz CT molecular complexity index is 460. The van der Waals surface area contributed by atoms with Gasteiger partial charge >= 0.3 is 0 Å². The number of carbonyl (C=O) groups excluding carboxylic acids is 1. The van der Waals surface area contributed by atoms with Gasteiger partial charge in [-0.25, -0.2) is 0 Å². The minimum Gasteiger partial charge on any atom is -0.340 e. The molecule has 1 N–H and O–H groups in total. The third kappa shape index (κ3) is 4.95. The Kier molecular flexibility index (Phi) is 6.48. The van der Waals surface area contributed by atoms with Crippen molar-refractivity contribution in [1.29, 1.82) is 0 Å². The first-order valence-corrected chi connectivity index (χ1v) is 8.72. The number of nitrogens with one attached hydrogen (secondary N) is 1. The lowest BCUT2D eigenvalue weighted by Gasteiger charge is -2.29. The number of amides is 1. The van der Waals surface area contributed by atoms with Crippen molar-refractivity contribution < 1.29 is 4.79 Å². The van der Waals surface area contributed by atoms with E-state index in [9.17, 15) is 4.79 Å². The second-order valence-corrected chi connectivity index (χ2v) is 7.37. The molecule has 2 heterocycles. The molecule has 1 aliphatic heterocycles. The van der Waals surface area contributed by atoms with E-state index in [1.165, 1.54) is 11.3 Å². The van der Waals surface area contributed by atoms with Crippen molar-refractivity contribution >= 4 is 28.8 Å². The molecule has 118 valence electrons. The Morgan fingerprint density at radius 1 is 1.52 bits per heavy atom. The fraction of sp³-hybridized carbons (Fsp3) is 0.667. The van der Waals surface area contributed by atoms with Crippen LogP contribution in [0.15, 0.2) is 12.1 Å². The topological polar surface area (TPSA) is 35.6 Å². The lowest BCUT2D eigenvalue weighted by Crippen LogP contribution is -2.44. The summed E-state index contributed by atoms with van der Waals surface area (Å²) in [6.07, 6.45) is 2.21. The Morgan fingerprint density at radius 2 is 2.33 bits per heavy atom. The van der Waals surface area contributed by atoms with Gasteiger partial charge in [0.15, 0.2) is 0 Å². The van der Waals surface area contributed by atoms with E-state index in [0.29, 0.717) is 19.1 Å². The molecular formula is C15H24ClN3OS. The van der Waals surface area contributed by atoms with Gasteiger partial charge in [0.25, 0.3) is 0 Å². The molecule has 1 aliphatic rings. The summed E-state index contributed by atoms with van der Waals surface area (Å²) in [6, 6.07) is 4.37. The number of rotatable bonds is 7. The monoisotopic (exact) mass is 329 g/mol. The normalized spacial score (nSPS) is 18.4. The SMILES string of the molecule is CCCN(CC(=O)N(C)Cc1ccc(Cl)s1)C1CCNC1. The van der Waals surface area contributed by atoms with Crippen LogP contribution in [0.4, 0.5) is 0 Å². The summed E-state index contributed by atoms with van der Waals surface area (Å²) in [7, 11) is 1.87. The molecule has 6 heteroatoms. The molecule has 0 aliphatic carbocycles. The highest BCUT2D eigenvalue weighted by Crippen LogP contribution is 2.22. The molecule has 1 aromatic heterocycles. The summed E-state index contributed by atoms with van der Waals surface area (Å²) in [5.74, 6) is 0.180. The van der Waals surface area contributed by atoms with Crippen LogP contribution in [0.5, 0.6) is 0 Å². The summed E-state index contributed by atoms with van der Waals surface area (Å²) in [4.78, 5) is 17.7. The van der Waals surface area contributed by atoms with Gasteiger partial charge in [0, 0.05) is 24.5 Å². The zero-order valence-corrected chi connectivity index (χ0v) is 14.3. The Balaban J connectivity index is 1.87. The van der Waals surface area contributed by atoms with Crippen molar-refractivity contribution in [3.8, 4) is 0 Å². The molecule has 1 saturated heterocycles. The predicted octanol–water partition coefficient (Wildman–Crippen LogP) is 2.43. The van der Waals surface area contributed by atoms with E-state index in [0.717, 1.165) is 41.7 Å². The van der Waals surface area contributed by atoms with Crippen molar-refractivity contribution in [3.05, 3.63) is 21.3 Å². The largest absolute Gasteiger partial charge is 0.340 e. The molecule has 0 aromatic carbocycles. The Labute approximate surface area is 136 Å². The second-order valence-electron chi connectivity index (χ2n) is 5.57. The van der Waals surface area contributed by atoms with Crippen LogP contribution < -0.4 is 5.32 Å². The van der Waals surface area contributed by atoms with Crippen molar-refractivity contribution in [1.82, 2.24) is 15.1 Å². The molecule has 2 rings (SSSR count). The van der Waals surface area contributed by atoms with Crippen LogP contribution in [-0.4, -0.2) is 55.0 Å². The van der Waals surface area contributed by atoms with Crippen LogP contribution >= 0.6 is 22.9 Å². The predicted molar refractivity (Wildman–Crippen MR) is 88.9 cm³/mol. The van der Waals surface area contributed by atoms with Crippen LogP contribution in [-0.2, 0) is 11.3 Å². The van der Waals surface area contributed by atoms with E-state index in [1.807, 2.05) is 19.2 Å². The molecule has 21 heavy (non-hydrogen) atoms. The van der Waals surface area contributed by atoms with Gasteiger partial charge in [-0.15, -0.1) is 11.3 Å². The third-order valence-electron chi connectivity index (χ3n) is 3.85. The maximum Gasteiger partial charge on any atom is 0.236 e. The summed E-state index contributed by atoms with van der Waals surface area (Å²) in [5, 5.41) is 3.38. The summed E-state index contributed by atoms with van der Waals surface area (Å²) in [5.41, 5.74) is 0. The smallest absolute Gasteiger partial charge is 0.236 e. The first-order chi connectivity index (χ1) is 10.1. The highest BCUT2D eigenvalue weighted by atomic mass is 35.5. The number of likely N-dealkylation sites (N-methyl/N-ethyl adjacent to an activating group) is 1. The highest BCUT2D eigenvalue weighted by molar-refractivity contribution is 7.16. The van der Waals surface area contributed by atoms with Crippen LogP contribution in [0.3, 0.4) is 0 Å². The second kappa shape index (κ2) is 8.13. The molecule has 0 spiro atoms. The summed E-state index contributed by atoms with van der Waals surface area (Å²) < 4.78 is 0.774. The minimum atomic E-state index is 0.180. The van der Waals surface area contributed by atoms with Gasteiger partial charge < -0.3 is 10.2 Å². The van der Waals surface area contributed by atoms with Crippen molar-refractivity contribution in [2.24, 2.45) is 0 Å². The van der Waals surface area contributed by atoms with E-state index in [4.69, 9.17) is 11.6 Å². The van der Waals surface area contributed by atoms with E-state index in [1.54, 1.807) is 4.90 Å². The molecular weight excluding hydrogens is 306 g/mol. The van der Waals surface area contributed by atoms with Gasteiger partial charge in [0.05, 0.1) is 17.4 Å². The molecule has 4 nitrogen and oxygen atoms in total. The summed E-state index contributed by atoms with van der Waals surface area (Å²) >= 11 is 7.47. The molecule has 0 radical (unpaired) electrons. The van der Waals surface area contributed by atoms with Gasteiger partial charge in [-0.3, -0.25) is 9.69 Å². The molecule has 0 bridgehead atoms. The molecule has 1 fully saturated rings. The van der Waals surface area contributed by atoms with E-state index in [2.05, 4.69) is 17.1 Å². The molecule has 1 unspecified atom stereocenters. The fourth-order valence-electron chi connectivity index (χ4n) is 2.68. The Morgan fingerprint density at radius 3 is 2.90 bits per heavy atom. The lowest BCUT2D eigenvalue weighted by atomic mass is 10.2. The van der Waals surface area contributed by atoms with E-state index >= 15 is 0 Å². The van der Waals surface area contributed by atoms with Gasteiger partial charge in [0.2, 0.25) is 5.91 Å². The van der Waals surface area contributed by atoms with Crippen molar-refractivity contribution in [2.75, 3.05) is 33.2 Å². The zero-order chi connectivity index (χ0) is 15.2. The number of hydrogen-bond donors (Lipinski definition) is 1. The number of hydrogen-bond acceptors (Lipinski definition) is 4. The number of halogens is 1. The van der Waals surface area contributed by atoms with Crippen LogP contribution in [0.2, 0.25) is 4.34 Å². The maximum atomic E-state index is 12.4. The van der Waals surface area contributed by atoms with Gasteiger partial charge in [0.1, 0.15) is 0 Å². The first kappa shape index (κ1) is 16.7. The van der Waals surface area contributed by atoms with Gasteiger partial charge in [-0.2, -0.15) is 0 Å². The highest BCUT2D eigenvalue weighted by Gasteiger charge is 2.24. The standard InChI is InChI=1S/C15H24ClN3OS/c1-3-8-19(12-6-7-17-9-12)11-15(20)18(2)10-13-4-5-14(16)21-13/h4-5,12,17H,3,6-11H2,1-2H3. The number of nitrogens with zero attached hydrogens (tertiary/aromatic N) is 2. The van der Waals surface area contributed by atoms with E-state index < -0.39 is 0 Å². The zero-order valence-electron chi connectivity index (χ0n) is 12.8. The van der Waals surface area contributed by atoms with Crippen LogP contribution in [0.25, 0.3) is 0 Å². The Hall–Kier alpha value is -0.620. The molecule has 1 amide bonds. The maximum absolute atomic E-state index is 12.4. The average Bonchev–Trinajstić information content (AvgIpc) is 3.10. The third-order valence-corrected chi connectivity index (χ3v) is 5.06. The molecule has 0 saturated carbocycles. The van der Waals surface area contributed by atoms with Crippen molar-refractivity contribution in [3.63, 3.8) is 0 Å². The van der Waals surface area contributed by atoms with Crippen LogP contribution in [0, 0.1) is 0 Å². The average molecular weight is 330 g/mol. The molecule has 1 aromatic rings. The summed E-state index contributed by atoms with van der Waals surface area (Å²) in [6.45, 7) is 6.35. The van der Waals surface area contributed by atoms with Gasteiger partial charge in [-0.1, -0.05) is 18.5 Å². The molecule has 1 atom stereocenters. The quantitative estimate of drug-likeness (QED) is 0.834. The van der Waals surface area contributed by atoms with Gasteiger partial charge in [-0.05, 0) is 38.1 Å². The lowest BCUT2D eigenvalue weighted by molar-refractivity contribution is -0.132. The van der Waals surface area contributed by atoms with E-state index in [-0.39, 0.29) is 5.91 Å². The first-order valence-electron chi connectivity index (χ1n) is 7.53. The van der Waals surface area contributed by atoms with Crippen molar-refractivity contribution in [2.45, 2.75) is 32.4 Å². The number of carbonyl (C=O) groups is 1.